The molecule has 1 amide bonds. The van der Waals surface area contributed by atoms with E-state index in [9.17, 15) is 4.79 Å². The smallest absolute Gasteiger partial charge is 0.251 e. The van der Waals surface area contributed by atoms with E-state index in [2.05, 4.69) is 41.1 Å². The number of benzene rings is 1. The molecule has 0 aliphatic rings. The van der Waals surface area contributed by atoms with Crippen molar-refractivity contribution in [2.75, 3.05) is 19.6 Å². The van der Waals surface area contributed by atoms with Crippen LogP contribution in [0.15, 0.2) is 67.1 Å². The molecular formula is C25H28N6O. The van der Waals surface area contributed by atoms with E-state index in [4.69, 9.17) is 4.98 Å². The monoisotopic (exact) mass is 428 g/mol. The number of carbonyl (C=O) groups excluding carboxylic acids is 1. The Morgan fingerprint density at radius 1 is 1.09 bits per heavy atom. The number of hydrogen-bond acceptors (Lipinski definition) is 5. The first-order valence-electron chi connectivity index (χ1n) is 11.0. The Morgan fingerprint density at radius 2 is 1.88 bits per heavy atom. The second-order valence-electron chi connectivity index (χ2n) is 7.72. The first-order chi connectivity index (χ1) is 15.6. The Labute approximate surface area is 188 Å². The number of nitrogens with zero attached hydrogens (tertiary/aromatic N) is 5. The summed E-state index contributed by atoms with van der Waals surface area (Å²) in [7, 11) is 0. The molecule has 0 aliphatic carbocycles. The number of likely N-dealkylation sites (N-methyl/N-ethyl adjacent to an activating group) is 1. The fourth-order valence-corrected chi connectivity index (χ4v) is 3.86. The predicted molar refractivity (Wildman–Crippen MR) is 126 cm³/mol. The van der Waals surface area contributed by atoms with Gasteiger partial charge in [0.05, 0.1) is 23.1 Å². The van der Waals surface area contributed by atoms with Crippen LogP contribution in [0.2, 0.25) is 0 Å². The largest absolute Gasteiger partial charge is 0.350 e. The Kier molecular flexibility index (Phi) is 6.56. The maximum atomic E-state index is 12.8. The second-order valence-corrected chi connectivity index (χ2v) is 7.72. The fourth-order valence-electron chi connectivity index (χ4n) is 3.86. The zero-order valence-corrected chi connectivity index (χ0v) is 18.7. The van der Waals surface area contributed by atoms with Crippen molar-refractivity contribution in [3.63, 3.8) is 0 Å². The summed E-state index contributed by atoms with van der Waals surface area (Å²) >= 11 is 0. The Hall–Kier alpha value is -3.58. The summed E-state index contributed by atoms with van der Waals surface area (Å²) in [5.74, 6) is -0.109. The van der Waals surface area contributed by atoms with Gasteiger partial charge in [0.15, 0.2) is 5.65 Å². The van der Waals surface area contributed by atoms with Gasteiger partial charge in [0.2, 0.25) is 0 Å². The van der Waals surface area contributed by atoms with Gasteiger partial charge in [0.25, 0.3) is 5.91 Å². The zero-order valence-electron chi connectivity index (χ0n) is 18.7. The standard InChI is InChI=1S/C25H28N6O/c1-4-30(5-2)18(3)16-27-25(32)20-11-13-26-23(15-20)21-17-28-31-14-12-22(29-24(21)31)19-9-7-6-8-10-19/h6-15,17-18H,4-5,16H2,1-3H3,(H,27,32)/t18-/m0/s1. The molecular weight excluding hydrogens is 400 g/mol. The summed E-state index contributed by atoms with van der Waals surface area (Å²) in [4.78, 5) is 24.4. The minimum absolute atomic E-state index is 0.109. The molecule has 164 valence electrons. The van der Waals surface area contributed by atoms with Crippen molar-refractivity contribution in [1.82, 2.24) is 29.8 Å². The molecule has 0 spiro atoms. The molecule has 0 bridgehead atoms. The molecule has 3 heterocycles. The van der Waals surface area contributed by atoms with Crippen LogP contribution >= 0.6 is 0 Å². The van der Waals surface area contributed by atoms with Crippen LogP contribution in [0.4, 0.5) is 0 Å². The van der Waals surface area contributed by atoms with E-state index >= 15 is 0 Å². The molecule has 0 unspecified atom stereocenters. The number of fused-ring (bicyclic) bond motifs is 1. The topological polar surface area (TPSA) is 75.4 Å². The summed E-state index contributed by atoms with van der Waals surface area (Å²) in [5, 5.41) is 7.45. The first-order valence-corrected chi connectivity index (χ1v) is 11.0. The fraction of sp³-hybridized carbons (Fsp3) is 0.280. The van der Waals surface area contributed by atoms with E-state index in [-0.39, 0.29) is 11.9 Å². The van der Waals surface area contributed by atoms with E-state index in [0.29, 0.717) is 23.4 Å². The molecule has 0 radical (unpaired) electrons. The Balaban J connectivity index is 1.58. The lowest BCUT2D eigenvalue weighted by Gasteiger charge is -2.26. The predicted octanol–water partition coefficient (Wildman–Crippen LogP) is 3.92. The highest BCUT2D eigenvalue weighted by molar-refractivity contribution is 5.95. The minimum Gasteiger partial charge on any atom is -0.350 e. The number of amides is 1. The van der Waals surface area contributed by atoms with Crippen molar-refractivity contribution in [2.45, 2.75) is 26.8 Å². The molecule has 1 aromatic carbocycles. The molecule has 4 aromatic rings. The third-order valence-corrected chi connectivity index (χ3v) is 5.73. The molecule has 0 saturated heterocycles. The molecule has 1 atom stereocenters. The van der Waals surface area contributed by atoms with Crippen molar-refractivity contribution in [2.24, 2.45) is 0 Å². The highest BCUT2D eigenvalue weighted by Crippen LogP contribution is 2.25. The van der Waals surface area contributed by atoms with Gasteiger partial charge in [-0.15, -0.1) is 0 Å². The van der Waals surface area contributed by atoms with Gasteiger partial charge in [-0.05, 0) is 38.2 Å². The van der Waals surface area contributed by atoms with Crippen molar-refractivity contribution < 1.29 is 4.79 Å². The number of rotatable bonds is 8. The third-order valence-electron chi connectivity index (χ3n) is 5.73. The highest BCUT2D eigenvalue weighted by Gasteiger charge is 2.15. The number of carbonyl (C=O) groups is 1. The summed E-state index contributed by atoms with van der Waals surface area (Å²) < 4.78 is 1.72. The van der Waals surface area contributed by atoms with Crippen LogP contribution in [-0.4, -0.2) is 56.1 Å². The van der Waals surface area contributed by atoms with Gasteiger partial charge in [0, 0.05) is 36.1 Å². The van der Waals surface area contributed by atoms with Crippen LogP contribution in [0.5, 0.6) is 0 Å². The summed E-state index contributed by atoms with van der Waals surface area (Å²) in [6.07, 6.45) is 5.28. The second kappa shape index (κ2) is 9.70. The van der Waals surface area contributed by atoms with Crippen molar-refractivity contribution in [1.29, 1.82) is 0 Å². The van der Waals surface area contributed by atoms with E-state index in [1.807, 2.05) is 42.6 Å². The van der Waals surface area contributed by atoms with Crippen LogP contribution < -0.4 is 5.32 Å². The molecule has 0 saturated carbocycles. The maximum absolute atomic E-state index is 12.8. The van der Waals surface area contributed by atoms with Crippen LogP contribution in [0.25, 0.3) is 28.2 Å². The number of pyridine rings is 1. The van der Waals surface area contributed by atoms with Crippen LogP contribution in [0.3, 0.4) is 0 Å². The van der Waals surface area contributed by atoms with Gasteiger partial charge < -0.3 is 5.32 Å². The van der Waals surface area contributed by atoms with E-state index < -0.39 is 0 Å². The van der Waals surface area contributed by atoms with Crippen molar-refractivity contribution >= 4 is 11.6 Å². The van der Waals surface area contributed by atoms with Crippen LogP contribution in [0.1, 0.15) is 31.1 Å². The molecule has 3 aromatic heterocycles. The lowest BCUT2D eigenvalue weighted by Crippen LogP contribution is -2.42. The maximum Gasteiger partial charge on any atom is 0.251 e. The molecule has 32 heavy (non-hydrogen) atoms. The van der Waals surface area contributed by atoms with Gasteiger partial charge in [-0.1, -0.05) is 44.2 Å². The molecule has 0 aliphatic heterocycles. The van der Waals surface area contributed by atoms with E-state index in [1.165, 1.54) is 0 Å². The van der Waals surface area contributed by atoms with Crippen LogP contribution in [-0.2, 0) is 0 Å². The minimum atomic E-state index is -0.109. The zero-order chi connectivity index (χ0) is 22.5. The quantitative estimate of drug-likeness (QED) is 0.460. The molecule has 4 rings (SSSR count). The molecule has 0 fully saturated rings. The van der Waals surface area contributed by atoms with Crippen molar-refractivity contribution in [3.05, 3.63) is 72.7 Å². The summed E-state index contributed by atoms with van der Waals surface area (Å²) in [5.41, 5.74) is 4.62. The highest BCUT2D eigenvalue weighted by atomic mass is 16.1. The van der Waals surface area contributed by atoms with Crippen molar-refractivity contribution in [3.8, 4) is 22.5 Å². The molecule has 7 nitrogen and oxygen atoms in total. The summed E-state index contributed by atoms with van der Waals surface area (Å²) in [6.45, 7) is 8.89. The normalized spacial score (nSPS) is 12.2. The van der Waals surface area contributed by atoms with Gasteiger partial charge in [-0.3, -0.25) is 14.7 Å². The van der Waals surface area contributed by atoms with Gasteiger partial charge >= 0.3 is 0 Å². The number of aromatic nitrogens is 4. The number of hydrogen-bond donors (Lipinski definition) is 1. The Bertz CT molecular complexity index is 1200. The lowest BCUT2D eigenvalue weighted by atomic mass is 10.1. The SMILES string of the molecule is CCN(CC)[C@@H](C)CNC(=O)c1ccnc(-c2cnn3ccc(-c4ccccc4)nc23)c1. The molecule has 1 N–H and O–H groups in total. The van der Waals surface area contributed by atoms with Gasteiger partial charge in [-0.2, -0.15) is 5.10 Å². The summed E-state index contributed by atoms with van der Waals surface area (Å²) in [6, 6.07) is 15.8. The lowest BCUT2D eigenvalue weighted by molar-refractivity contribution is 0.0938. The van der Waals surface area contributed by atoms with Gasteiger partial charge in [-0.25, -0.2) is 9.50 Å². The average Bonchev–Trinajstić information content (AvgIpc) is 3.27. The Morgan fingerprint density at radius 3 is 2.62 bits per heavy atom. The van der Waals surface area contributed by atoms with Gasteiger partial charge in [0.1, 0.15) is 0 Å². The number of nitrogens with one attached hydrogen (secondary N) is 1. The first kappa shape index (κ1) is 21.6. The molecule has 7 heteroatoms. The third kappa shape index (κ3) is 4.53. The van der Waals surface area contributed by atoms with E-state index in [1.54, 1.807) is 29.0 Å². The van der Waals surface area contributed by atoms with Crippen LogP contribution in [0, 0.1) is 0 Å². The van der Waals surface area contributed by atoms with E-state index in [0.717, 1.165) is 29.9 Å². The average molecular weight is 429 g/mol.